The summed E-state index contributed by atoms with van der Waals surface area (Å²) in [7, 11) is 0. The van der Waals surface area contributed by atoms with E-state index < -0.39 is 11.7 Å². The number of nitrogen functional groups attached to an aromatic ring is 1. The van der Waals surface area contributed by atoms with Gasteiger partial charge in [-0.2, -0.15) is 0 Å². The number of nitrogens with one attached hydrogen (secondary N) is 2. The minimum atomic E-state index is -0.586. The molecule has 1 amide bonds. The van der Waals surface area contributed by atoms with E-state index in [1.807, 2.05) is 0 Å². The summed E-state index contributed by atoms with van der Waals surface area (Å²) in [5.74, 6) is -0.308. The van der Waals surface area contributed by atoms with Gasteiger partial charge in [0.25, 0.3) is 0 Å². The van der Waals surface area contributed by atoms with Crippen LogP contribution in [0.15, 0.2) is 40.9 Å². The zero-order chi connectivity index (χ0) is 18.6. The molecule has 2 aromatic carbocycles. The molecule has 0 bridgehead atoms. The normalized spacial score (nSPS) is 11.1. The van der Waals surface area contributed by atoms with Gasteiger partial charge in [-0.25, -0.2) is 9.18 Å². The van der Waals surface area contributed by atoms with Gasteiger partial charge in [0.2, 0.25) is 0 Å². The van der Waals surface area contributed by atoms with Crippen LogP contribution in [0.3, 0.4) is 0 Å². The van der Waals surface area contributed by atoms with Crippen LogP contribution >= 0.6 is 15.9 Å². The fraction of sp³-hybridized carbons (Fsp3) is 0.278. The van der Waals surface area contributed by atoms with Gasteiger partial charge in [0.1, 0.15) is 11.4 Å². The summed E-state index contributed by atoms with van der Waals surface area (Å²) in [6.07, 6.45) is -0.554. The molecule has 4 N–H and O–H groups in total. The van der Waals surface area contributed by atoms with Gasteiger partial charge in [0.15, 0.2) is 0 Å². The van der Waals surface area contributed by atoms with Crippen molar-refractivity contribution in [3.63, 3.8) is 0 Å². The summed E-state index contributed by atoms with van der Waals surface area (Å²) >= 11 is 3.32. The molecule has 0 aromatic heterocycles. The van der Waals surface area contributed by atoms with E-state index in [0.717, 1.165) is 4.47 Å². The highest BCUT2D eigenvalue weighted by molar-refractivity contribution is 9.10. The number of halogens is 2. The number of benzene rings is 2. The van der Waals surface area contributed by atoms with Crippen molar-refractivity contribution >= 4 is 39.1 Å². The summed E-state index contributed by atoms with van der Waals surface area (Å²) in [5.41, 5.74) is 7.47. The maximum atomic E-state index is 13.8. The number of amides is 1. The second-order valence-electron chi connectivity index (χ2n) is 6.52. The van der Waals surface area contributed by atoms with Crippen LogP contribution in [0.1, 0.15) is 26.3 Å². The van der Waals surface area contributed by atoms with Crippen LogP contribution in [0.5, 0.6) is 0 Å². The lowest BCUT2D eigenvalue weighted by atomic mass is 10.2. The number of hydrogen-bond acceptors (Lipinski definition) is 4. The Hall–Kier alpha value is -2.28. The van der Waals surface area contributed by atoms with Gasteiger partial charge in [-0.1, -0.05) is 15.9 Å². The predicted molar refractivity (Wildman–Crippen MR) is 102 cm³/mol. The molecule has 0 radical (unpaired) electrons. The average molecular weight is 410 g/mol. The second-order valence-corrected chi connectivity index (χ2v) is 7.43. The molecular weight excluding hydrogens is 389 g/mol. The lowest BCUT2D eigenvalue weighted by Crippen LogP contribution is -2.27. The Morgan fingerprint density at radius 3 is 2.64 bits per heavy atom. The van der Waals surface area contributed by atoms with Crippen LogP contribution in [-0.4, -0.2) is 11.7 Å². The topological polar surface area (TPSA) is 76.4 Å². The van der Waals surface area contributed by atoms with E-state index in [0.29, 0.717) is 22.6 Å². The molecule has 2 aromatic rings. The molecule has 0 saturated carbocycles. The van der Waals surface area contributed by atoms with Gasteiger partial charge in [-0.05, 0) is 57.2 Å². The summed E-state index contributed by atoms with van der Waals surface area (Å²) in [4.78, 5) is 11.8. The lowest BCUT2D eigenvalue weighted by molar-refractivity contribution is 0.0636. The van der Waals surface area contributed by atoms with E-state index >= 15 is 0 Å². The Balaban J connectivity index is 2.08. The van der Waals surface area contributed by atoms with Gasteiger partial charge >= 0.3 is 6.09 Å². The van der Waals surface area contributed by atoms with Gasteiger partial charge in [-0.15, -0.1) is 0 Å². The third kappa shape index (κ3) is 5.94. The van der Waals surface area contributed by atoms with Gasteiger partial charge in [0, 0.05) is 22.3 Å². The minimum Gasteiger partial charge on any atom is -0.444 e. The highest BCUT2D eigenvalue weighted by atomic mass is 79.9. The van der Waals surface area contributed by atoms with Crippen molar-refractivity contribution in [1.29, 1.82) is 0 Å². The Labute approximate surface area is 154 Å². The summed E-state index contributed by atoms with van der Waals surface area (Å²) < 4.78 is 19.8. The van der Waals surface area contributed by atoms with E-state index in [4.69, 9.17) is 10.5 Å². The zero-order valence-corrected chi connectivity index (χ0v) is 15.9. The van der Waals surface area contributed by atoms with Crippen molar-refractivity contribution in [1.82, 2.24) is 0 Å². The summed E-state index contributed by atoms with van der Waals surface area (Å²) in [5, 5.41) is 5.73. The SMILES string of the molecule is CC(C)(C)OC(=O)Nc1ccc(N)c(NCc2cc(Br)ccc2F)c1. The highest BCUT2D eigenvalue weighted by Crippen LogP contribution is 2.25. The van der Waals surface area contributed by atoms with Gasteiger partial charge in [0.05, 0.1) is 11.4 Å². The molecule has 0 unspecified atom stereocenters. The Morgan fingerprint density at radius 1 is 1.24 bits per heavy atom. The molecule has 0 aliphatic heterocycles. The first kappa shape index (κ1) is 19.1. The number of hydrogen-bond donors (Lipinski definition) is 3. The number of ether oxygens (including phenoxy) is 1. The van der Waals surface area contributed by atoms with E-state index in [1.54, 1.807) is 51.1 Å². The van der Waals surface area contributed by atoms with Crippen LogP contribution in [-0.2, 0) is 11.3 Å². The van der Waals surface area contributed by atoms with Crippen LogP contribution < -0.4 is 16.4 Å². The molecule has 0 aliphatic rings. The van der Waals surface area contributed by atoms with Crippen molar-refractivity contribution < 1.29 is 13.9 Å². The largest absolute Gasteiger partial charge is 0.444 e. The Bertz CT molecular complexity index is 775. The highest BCUT2D eigenvalue weighted by Gasteiger charge is 2.16. The van der Waals surface area contributed by atoms with Crippen LogP contribution in [0.2, 0.25) is 0 Å². The van der Waals surface area contributed by atoms with E-state index in [-0.39, 0.29) is 12.4 Å². The molecule has 5 nitrogen and oxygen atoms in total. The third-order valence-corrected chi connectivity index (χ3v) is 3.67. The molecule has 7 heteroatoms. The molecule has 134 valence electrons. The van der Waals surface area contributed by atoms with Crippen LogP contribution in [0.4, 0.5) is 26.2 Å². The average Bonchev–Trinajstić information content (AvgIpc) is 2.49. The molecule has 0 heterocycles. The first-order valence-electron chi connectivity index (χ1n) is 7.71. The molecule has 0 saturated heterocycles. The molecular formula is C18H21BrFN3O2. The standard InChI is InChI=1S/C18H21BrFN3O2/c1-18(2,3)25-17(24)23-13-5-7-15(21)16(9-13)22-10-11-8-12(19)4-6-14(11)20/h4-9,22H,10,21H2,1-3H3,(H,23,24). The molecule has 0 aliphatic carbocycles. The number of carbonyl (C=O) groups is 1. The van der Waals surface area contributed by atoms with Crippen molar-refractivity contribution in [2.45, 2.75) is 32.9 Å². The van der Waals surface area contributed by atoms with E-state index in [1.165, 1.54) is 6.07 Å². The van der Waals surface area contributed by atoms with Crippen molar-refractivity contribution in [3.8, 4) is 0 Å². The molecule has 2 rings (SSSR count). The van der Waals surface area contributed by atoms with Crippen LogP contribution in [0, 0.1) is 5.82 Å². The Kier molecular flexibility index (Phi) is 5.89. The van der Waals surface area contributed by atoms with Crippen molar-refractivity contribution in [2.24, 2.45) is 0 Å². The van der Waals surface area contributed by atoms with Gasteiger partial charge in [-0.3, -0.25) is 5.32 Å². The maximum absolute atomic E-state index is 13.8. The first-order chi connectivity index (χ1) is 11.6. The second kappa shape index (κ2) is 7.74. The summed E-state index contributed by atoms with van der Waals surface area (Å²) in [6, 6.07) is 9.73. The lowest BCUT2D eigenvalue weighted by Gasteiger charge is -2.20. The molecule has 0 atom stereocenters. The number of carbonyl (C=O) groups excluding carboxylic acids is 1. The monoisotopic (exact) mass is 409 g/mol. The zero-order valence-electron chi connectivity index (χ0n) is 14.3. The van der Waals surface area contributed by atoms with E-state index in [2.05, 4.69) is 26.6 Å². The number of nitrogens with two attached hydrogens (primary N) is 1. The predicted octanol–water partition coefficient (Wildman–Crippen LogP) is 5.13. The smallest absolute Gasteiger partial charge is 0.412 e. The molecule has 25 heavy (non-hydrogen) atoms. The van der Waals surface area contributed by atoms with Crippen molar-refractivity contribution in [2.75, 3.05) is 16.4 Å². The number of anilines is 3. The summed E-state index contributed by atoms with van der Waals surface area (Å²) in [6.45, 7) is 5.62. The minimum absolute atomic E-state index is 0.255. The quantitative estimate of drug-likeness (QED) is 0.611. The van der Waals surface area contributed by atoms with Crippen LogP contribution in [0.25, 0.3) is 0 Å². The maximum Gasteiger partial charge on any atom is 0.412 e. The van der Waals surface area contributed by atoms with E-state index in [9.17, 15) is 9.18 Å². The van der Waals surface area contributed by atoms with Gasteiger partial charge < -0.3 is 15.8 Å². The fourth-order valence-corrected chi connectivity index (χ4v) is 2.49. The molecule has 0 spiro atoms. The first-order valence-corrected chi connectivity index (χ1v) is 8.51. The molecule has 0 fully saturated rings. The van der Waals surface area contributed by atoms with Crippen molar-refractivity contribution in [3.05, 3.63) is 52.3 Å². The Morgan fingerprint density at radius 2 is 1.96 bits per heavy atom. The fourth-order valence-electron chi connectivity index (χ4n) is 2.08. The number of rotatable bonds is 4. The third-order valence-electron chi connectivity index (χ3n) is 3.18.